The molecule has 0 bridgehead atoms. The Balaban J connectivity index is 1.84. The highest BCUT2D eigenvalue weighted by molar-refractivity contribution is 6.31. The van der Waals surface area contributed by atoms with Crippen LogP contribution < -0.4 is 4.74 Å². The van der Waals surface area contributed by atoms with E-state index in [-0.39, 0.29) is 5.91 Å². The molecule has 2 aromatic carbocycles. The topological polar surface area (TPSA) is 60.2 Å². The van der Waals surface area contributed by atoms with Crippen molar-refractivity contribution in [2.75, 3.05) is 14.2 Å². The van der Waals surface area contributed by atoms with E-state index in [0.717, 1.165) is 11.3 Å². The third-order valence-corrected chi connectivity index (χ3v) is 4.48. The van der Waals surface area contributed by atoms with Gasteiger partial charge in [0.15, 0.2) is 5.69 Å². The number of hydrogen-bond donors (Lipinski definition) is 0. The lowest BCUT2D eigenvalue weighted by molar-refractivity contribution is 0.0778. The van der Waals surface area contributed by atoms with E-state index in [1.165, 1.54) is 0 Å². The van der Waals surface area contributed by atoms with Crippen LogP contribution >= 0.6 is 11.6 Å². The number of benzene rings is 2. The zero-order chi connectivity index (χ0) is 18.7. The van der Waals surface area contributed by atoms with E-state index in [1.807, 2.05) is 49.4 Å². The van der Waals surface area contributed by atoms with Crippen molar-refractivity contribution < 1.29 is 9.53 Å². The molecule has 0 saturated heterocycles. The lowest BCUT2D eigenvalue weighted by atomic mass is 10.2. The minimum atomic E-state index is -0.212. The van der Waals surface area contributed by atoms with E-state index in [2.05, 4.69) is 10.3 Å². The molecular formula is C19H19ClN4O2. The first-order valence-corrected chi connectivity index (χ1v) is 8.44. The molecule has 134 valence electrons. The number of carbonyl (C=O) groups is 1. The maximum absolute atomic E-state index is 12.8. The molecule has 0 saturated carbocycles. The zero-order valence-corrected chi connectivity index (χ0v) is 15.6. The number of nitrogens with zero attached hydrogens (tertiary/aromatic N) is 4. The fraction of sp³-hybridized carbons (Fsp3) is 0.211. The quantitative estimate of drug-likeness (QED) is 0.689. The minimum Gasteiger partial charge on any atom is -0.497 e. The third kappa shape index (κ3) is 3.55. The molecule has 0 N–H and O–H groups in total. The second kappa shape index (κ2) is 7.58. The smallest absolute Gasteiger partial charge is 0.276 e. The lowest BCUT2D eigenvalue weighted by Crippen LogP contribution is -2.27. The molecule has 0 aliphatic heterocycles. The first-order chi connectivity index (χ1) is 12.5. The summed E-state index contributed by atoms with van der Waals surface area (Å²) in [6.45, 7) is 2.21. The third-order valence-electron chi connectivity index (χ3n) is 4.11. The van der Waals surface area contributed by atoms with Gasteiger partial charge in [-0.05, 0) is 30.7 Å². The zero-order valence-electron chi connectivity index (χ0n) is 14.8. The van der Waals surface area contributed by atoms with Crippen LogP contribution in [-0.4, -0.2) is 40.0 Å². The Labute approximate surface area is 157 Å². The van der Waals surface area contributed by atoms with Gasteiger partial charge in [-0.1, -0.05) is 41.1 Å². The Morgan fingerprint density at radius 3 is 2.73 bits per heavy atom. The highest BCUT2D eigenvalue weighted by atomic mass is 35.5. The van der Waals surface area contributed by atoms with Crippen LogP contribution in [0.3, 0.4) is 0 Å². The number of methoxy groups -OCH3 is 1. The molecule has 7 heteroatoms. The van der Waals surface area contributed by atoms with Crippen LogP contribution in [0, 0.1) is 6.92 Å². The number of amides is 1. The molecule has 0 spiro atoms. The van der Waals surface area contributed by atoms with Gasteiger partial charge < -0.3 is 9.64 Å². The Bertz CT molecular complexity index is 939. The second-order valence-corrected chi connectivity index (χ2v) is 6.30. The van der Waals surface area contributed by atoms with Gasteiger partial charge in [0.2, 0.25) is 0 Å². The second-order valence-electron chi connectivity index (χ2n) is 5.89. The summed E-state index contributed by atoms with van der Waals surface area (Å²) in [6.07, 6.45) is 0. The molecule has 3 aromatic rings. The maximum atomic E-state index is 12.8. The van der Waals surface area contributed by atoms with Crippen LogP contribution in [0.4, 0.5) is 0 Å². The molecule has 0 atom stereocenters. The van der Waals surface area contributed by atoms with Gasteiger partial charge >= 0.3 is 0 Å². The molecule has 0 unspecified atom stereocenters. The summed E-state index contributed by atoms with van der Waals surface area (Å²) < 4.78 is 6.86. The summed E-state index contributed by atoms with van der Waals surface area (Å²) in [4.78, 5) is 14.4. The van der Waals surface area contributed by atoms with Crippen LogP contribution in [0.15, 0.2) is 48.5 Å². The van der Waals surface area contributed by atoms with E-state index in [1.54, 1.807) is 29.8 Å². The highest BCUT2D eigenvalue weighted by Gasteiger charge is 2.21. The van der Waals surface area contributed by atoms with Gasteiger partial charge in [-0.2, -0.15) is 0 Å². The summed E-state index contributed by atoms with van der Waals surface area (Å²) in [5.74, 6) is 0.498. The van der Waals surface area contributed by atoms with Gasteiger partial charge in [0.25, 0.3) is 5.91 Å². The fourth-order valence-corrected chi connectivity index (χ4v) is 2.84. The molecule has 6 nitrogen and oxygen atoms in total. The molecule has 0 radical (unpaired) electrons. The molecular weight excluding hydrogens is 352 g/mol. The molecule has 1 amide bonds. The fourth-order valence-electron chi connectivity index (χ4n) is 2.65. The molecule has 0 aliphatic rings. The first kappa shape index (κ1) is 17.9. The first-order valence-electron chi connectivity index (χ1n) is 8.07. The van der Waals surface area contributed by atoms with Crippen molar-refractivity contribution >= 4 is 17.5 Å². The maximum Gasteiger partial charge on any atom is 0.276 e. The van der Waals surface area contributed by atoms with Crippen LogP contribution in [0.5, 0.6) is 5.75 Å². The van der Waals surface area contributed by atoms with Crippen molar-refractivity contribution in [3.8, 4) is 11.4 Å². The van der Waals surface area contributed by atoms with Crippen molar-refractivity contribution in [3.05, 3.63) is 70.5 Å². The van der Waals surface area contributed by atoms with Crippen molar-refractivity contribution in [1.82, 2.24) is 19.9 Å². The van der Waals surface area contributed by atoms with E-state index < -0.39 is 0 Å². The summed E-state index contributed by atoms with van der Waals surface area (Å²) in [5, 5.41) is 8.84. The lowest BCUT2D eigenvalue weighted by Gasteiger charge is -2.17. The standard InChI is InChI=1S/C19H19ClN4O2/c1-13-18(19(25)23(2)12-14-7-4-5-10-17(14)20)21-22-24(13)15-8-6-9-16(11-15)26-3/h4-11H,12H2,1-3H3. The number of hydrogen-bond acceptors (Lipinski definition) is 4. The number of ether oxygens (including phenoxy) is 1. The van der Waals surface area contributed by atoms with E-state index in [0.29, 0.717) is 28.7 Å². The minimum absolute atomic E-state index is 0.212. The van der Waals surface area contributed by atoms with Crippen molar-refractivity contribution in [3.63, 3.8) is 0 Å². The molecule has 1 heterocycles. The van der Waals surface area contributed by atoms with Crippen molar-refractivity contribution in [2.24, 2.45) is 0 Å². The molecule has 26 heavy (non-hydrogen) atoms. The summed E-state index contributed by atoms with van der Waals surface area (Å²) in [7, 11) is 3.32. The number of aromatic nitrogens is 3. The normalized spacial score (nSPS) is 10.6. The van der Waals surface area contributed by atoms with Crippen LogP contribution in [0.25, 0.3) is 5.69 Å². The highest BCUT2D eigenvalue weighted by Crippen LogP contribution is 2.20. The monoisotopic (exact) mass is 370 g/mol. The molecule has 0 aliphatic carbocycles. The largest absolute Gasteiger partial charge is 0.497 e. The summed E-state index contributed by atoms with van der Waals surface area (Å²) >= 11 is 6.18. The van der Waals surface area contributed by atoms with Gasteiger partial charge in [0.1, 0.15) is 5.75 Å². The van der Waals surface area contributed by atoms with Gasteiger partial charge in [-0.15, -0.1) is 5.10 Å². The predicted octanol–water partition coefficient (Wildman–Crippen LogP) is 3.51. The summed E-state index contributed by atoms with van der Waals surface area (Å²) in [6, 6.07) is 14.9. The summed E-state index contributed by atoms with van der Waals surface area (Å²) in [5.41, 5.74) is 2.63. The molecule has 0 fully saturated rings. The molecule has 1 aromatic heterocycles. The van der Waals surface area contributed by atoms with E-state index in [4.69, 9.17) is 16.3 Å². The average molecular weight is 371 g/mol. The Morgan fingerprint density at radius 1 is 1.23 bits per heavy atom. The van der Waals surface area contributed by atoms with Gasteiger partial charge in [0.05, 0.1) is 18.5 Å². The Morgan fingerprint density at radius 2 is 2.00 bits per heavy atom. The van der Waals surface area contributed by atoms with Crippen LogP contribution in [0.2, 0.25) is 5.02 Å². The van der Waals surface area contributed by atoms with Gasteiger partial charge in [-0.3, -0.25) is 4.79 Å². The van der Waals surface area contributed by atoms with Crippen LogP contribution in [-0.2, 0) is 6.54 Å². The van der Waals surface area contributed by atoms with Gasteiger partial charge in [-0.25, -0.2) is 4.68 Å². The number of carbonyl (C=O) groups excluding carboxylic acids is 1. The number of halogens is 1. The SMILES string of the molecule is COc1cccc(-n2nnc(C(=O)N(C)Cc3ccccc3Cl)c2C)c1. The Kier molecular flexibility index (Phi) is 5.23. The molecule has 3 rings (SSSR count). The van der Waals surface area contributed by atoms with Gasteiger partial charge in [0, 0.05) is 24.7 Å². The Hall–Kier alpha value is -2.86. The van der Waals surface area contributed by atoms with Crippen molar-refractivity contribution in [2.45, 2.75) is 13.5 Å². The van der Waals surface area contributed by atoms with Crippen LogP contribution in [0.1, 0.15) is 21.7 Å². The predicted molar refractivity (Wildman–Crippen MR) is 99.9 cm³/mol. The van der Waals surface area contributed by atoms with E-state index >= 15 is 0 Å². The number of rotatable bonds is 5. The average Bonchev–Trinajstić information content (AvgIpc) is 3.04. The van der Waals surface area contributed by atoms with E-state index in [9.17, 15) is 4.79 Å². The van der Waals surface area contributed by atoms with Crippen molar-refractivity contribution in [1.29, 1.82) is 0 Å².